The summed E-state index contributed by atoms with van der Waals surface area (Å²) < 4.78 is 0. The minimum atomic E-state index is 0.779. The summed E-state index contributed by atoms with van der Waals surface area (Å²) in [4.78, 5) is 18.0. The van der Waals surface area contributed by atoms with Crippen LogP contribution in [0, 0.1) is 6.92 Å². The zero-order valence-electron chi connectivity index (χ0n) is 15.8. The molecule has 1 aliphatic rings. The molecule has 1 fully saturated rings. The van der Waals surface area contributed by atoms with Crippen molar-refractivity contribution in [2.24, 2.45) is 0 Å². The van der Waals surface area contributed by atoms with Gasteiger partial charge in [0.15, 0.2) is 0 Å². The van der Waals surface area contributed by atoms with Gasteiger partial charge in [-0.3, -0.25) is 0 Å². The second-order valence-electron chi connectivity index (χ2n) is 6.97. The first-order valence-corrected chi connectivity index (χ1v) is 9.23. The highest BCUT2D eigenvalue weighted by Crippen LogP contribution is 2.24. The molecule has 1 aliphatic heterocycles. The van der Waals surface area contributed by atoms with Crippen molar-refractivity contribution in [3.63, 3.8) is 0 Å². The Kier molecular flexibility index (Phi) is 4.98. The third kappa shape index (κ3) is 4.23. The molecule has 1 saturated heterocycles. The fourth-order valence-corrected chi connectivity index (χ4v) is 3.15. The molecule has 3 aromatic rings. The minimum absolute atomic E-state index is 0.779. The summed E-state index contributed by atoms with van der Waals surface area (Å²) in [5.74, 6) is 1.79. The highest BCUT2D eigenvalue weighted by molar-refractivity contribution is 5.67. The van der Waals surface area contributed by atoms with E-state index in [0.29, 0.717) is 0 Å². The first kappa shape index (κ1) is 17.4. The Morgan fingerprint density at radius 3 is 2.44 bits per heavy atom. The first-order valence-electron chi connectivity index (χ1n) is 9.23. The molecule has 4 rings (SSSR count). The van der Waals surface area contributed by atoms with E-state index in [1.54, 1.807) is 6.33 Å². The number of hydrogen-bond donors (Lipinski definition) is 1. The van der Waals surface area contributed by atoms with E-state index in [9.17, 15) is 0 Å². The van der Waals surface area contributed by atoms with Crippen molar-refractivity contribution >= 4 is 17.3 Å². The van der Waals surface area contributed by atoms with E-state index < -0.39 is 0 Å². The minimum Gasteiger partial charge on any atom is -0.354 e. The van der Waals surface area contributed by atoms with Crippen LogP contribution in [0.2, 0.25) is 0 Å². The topological polar surface area (TPSA) is 57.2 Å². The number of anilines is 3. The summed E-state index contributed by atoms with van der Waals surface area (Å²) in [5, 5.41) is 3.34. The Morgan fingerprint density at radius 2 is 1.67 bits per heavy atom. The van der Waals surface area contributed by atoms with Gasteiger partial charge in [0.1, 0.15) is 18.0 Å². The van der Waals surface area contributed by atoms with Crippen LogP contribution in [0.25, 0.3) is 11.3 Å². The van der Waals surface area contributed by atoms with Crippen LogP contribution in [0.15, 0.2) is 55.0 Å². The van der Waals surface area contributed by atoms with Gasteiger partial charge in [0, 0.05) is 49.7 Å². The van der Waals surface area contributed by atoms with Crippen LogP contribution in [-0.4, -0.2) is 53.1 Å². The number of nitrogens with zero attached hydrogens (tertiary/aromatic N) is 5. The van der Waals surface area contributed by atoms with E-state index in [1.807, 2.05) is 18.3 Å². The SMILES string of the molecule is Cc1ccc(Nc2cc(-c3ccnc(N4CCN(C)CC4)c3)ncn2)cc1. The van der Waals surface area contributed by atoms with E-state index in [4.69, 9.17) is 0 Å². The van der Waals surface area contributed by atoms with E-state index in [-0.39, 0.29) is 0 Å². The second-order valence-corrected chi connectivity index (χ2v) is 6.97. The summed E-state index contributed by atoms with van der Waals surface area (Å²) in [7, 11) is 2.16. The summed E-state index contributed by atoms with van der Waals surface area (Å²) >= 11 is 0. The molecule has 3 heterocycles. The molecule has 2 aromatic heterocycles. The molecule has 138 valence electrons. The fourth-order valence-electron chi connectivity index (χ4n) is 3.15. The lowest BCUT2D eigenvalue weighted by Crippen LogP contribution is -2.44. The van der Waals surface area contributed by atoms with Gasteiger partial charge in [-0.1, -0.05) is 17.7 Å². The van der Waals surface area contributed by atoms with Crippen molar-refractivity contribution in [2.45, 2.75) is 6.92 Å². The molecule has 0 amide bonds. The van der Waals surface area contributed by atoms with E-state index in [2.05, 4.69) is 74.4 Å². The van der Waals surface area contributed by atoms with Gasteiger partial charge < -0.3 is 15.1 Å². The van der Waals surface area contributed by atoms with E-state index in [1.165, 1.54) is 5.56 Å². The average Bonchev–Trinajstić information content (AvgIpc) is 2.71. The number of piperazine rings is 1. The van der Waals surface area contributed by atoms with E-state index >= 15 is 0 Å². The predicted octanol–water partition coefficient (Wildman–Crippen LogP) is 3.34. The molecule has 0 bridgehead atoms. The highest BCUT2D eigenvalue weighted by atomic mass is 15.3. The van der Waals surface area contributed by atoms with Crippen LogP contribution in [0.3, 0.4) is 0 Å². The maximum Gasteiger partial charge on any atom is 0.134 e. The largest absolute Gasteiger partial charge is 0.354 e. The van der Waals surface area contributed by atoms with Crippen molar-refractivity contribution in [3.05, 3.63) is 60.6 Å². The molecule has 0 atom stereocenters. The normalized spacial score (nSPS) is 15.0. The molecule has 0 radical (unpaired) electrons. The Labute approximate surface area is 159 Å². The third-order valence-electron chi connectivity index (χ3n) is 4.86. The quantitative estimate of drug-likeness (QED) is 0.770. The van der Waals surface area contributed by atoms with Crippen LogP contribution < -0.4 is 10.2 Å². The number of pyridine rings is 1. The van der Waals surface area contributed by atoms with Crippen molar-refractivity contribution < 1.29 is 0 Å². The summed E-state index contributed by atoms with van der Waals surface area (Å²) in [5.41, 5.74) is 4.18. The smallest absolute Gasteiger partial charge is 0.134 e. The van der Waals surface area contributed by atoms with Crippen molar-refractivity contribution in [2.75, 3.05) is 43.4 Å². The van der Waals surface area contributed by atoms with Crippen molar-refractivity contribution in [1.82, 2.24) is 19.9 Å². The molecule has 6 heteroatoms. The molecule has 1 N–H and O–H groups in total. The summed E-state index contributed by atoms with van der Waals surface area (Å²) in [6.07, 6.45) is 3.46. The van der Waals surface area contributed by atoms with Crippen LogP contribution in [0.1, 0.15) is 5.56 Å². The molecular formula is C21H24N6. The van der Waals surface area contributed by atoms with Gasteiger partial charge in [-0.15, -0.1) is 0 Å². The average molecular weight is 360 g/mol. The maximum atomic E-state index is 4.56. The van der Waals surface area contributed by atoms with Gasteiger partial charge in [-0.2, -0.15) is 0 Å². The zero-order valence-corrected chi connectivity index (χ0v) is 15.8. The van der Waals surface area contributed by atoms with Gasteiger partial charge in [-0.05, 0) is 38.2 Å². The summed E-state index contributed by atoms with van der Waals surface area (Å²) in [6.45, 7) is 6.19. The van der Waals surface area contributed by atoms with Crippen LogP contribution in [0.4, 0.5) is 17.3 Å². The number of nitrogens with one attached hydrogen (secondary N) is 1. The number of aryl methyl sites for hydroxylation is 1. The molecule has 0 saturated carbocycles. The highest BCUT2D eigenvalue weighted by Gasteiger charge is 2.16. The molecule has 0 spiro atoms. The Balaban J connectivity index is 1.55. The fraction of sp³-hybridized carbons (Fsp3) is 0.286. The lowest BCUT2D eigenvalue weighted by Gasteiger charge is -2.33. The van der Waals surface area contributed by atoms with Gasteiger partial charge in [0.25, 0.3) is 0 Å². The van der Waals surface area contributed by atoms with Crippen LogP contribution in [0.5, 0.6) is 0 Å². The first-order chi connectivity index (χ1) is 13.2. The van der Waals surface area contributed by atoms with Crippen LogP contribution in [-0.2, 0) is 0 Å². The monoisotopic (exact) mass is 360 g/mol. The van der Waals surface area contributed by atoms with E-state index in [0.717, 1.165) is 54.8 Å². The Bertz CT molecular complexity index is 901. The van der Waals surface area contributed by atoms with Gasteiger partial charge >= 0.3 is 0 Å². The van der Waals surface area contributed by atoms with Crippen molar-refractivity contribution in [3.8, 4) is 11.3 Å². The maximum absolute atomic E-state index is 4.56. The van der Waals surface area contributed by atoms with Gasteiger partial charge in [0.05, 0.1) is 5.69 Å². The lowest BCUT2D eigenvalue weighted by molar-refractivity contribution is 0.312. The van der Waals surface area contributed by atoms with Crippen LogP contribution >= 0.6 is 0 Å². The second kappa shape index (κ2) is 7.72. The number of likely N-dealkylation sites (N-methyl/N-ethyl adjacent to an activating group) is 1. The van der Waals surface area contributed by atoms with Crippen molar-refractivity contribution in [1.29, 1.82) is 0 Å². The molecule has 1 aromatic carbocycles. The number of hydrogen-bond acceptors (Lipinski definition) is 6. The Morgan fingerprint density at radius 1 is 0.889 bits per heavy atom. The predicted molar refractivity (Wildman–Crippen MR) is 109 cm³/mol. The standard InChI is InChI=1S/C21H24N6/c1-16-3-5-18(6-4-16)25-20-14-19(23-15-24-20)17-7-8-22-21(13-17)27-11-9-26(2)10-12-27/h3-8,13-15H,9-12H2,1-2H3,(H,23,24,25). The number of aromatic nitrogens is 3. The van der Waals surface area contributed by atoms with Gasteiger partial charge in [0.2, 0.25) is 0 Å². The third-order valence-corrected chi connectivity index (χ3v) is 4.86. The zero-order chi connectivity index (χ0) is 18.6. The summed E-state index contributed by atoms with van der Waals surface area (Å²) in [6, 6.07) is 14.3. The molecule has 27 heavy (non-hydrogen) atoms. The van der Waals surface area contributed by atoms with Gasteiger partial charge in [-0.25, -0.2) is 15.0 Å². The molecule has 6 nitrogen and oxygen atoms in total. The Hall–Kier alpha value is -2.99. The molecule has 0 aliphatic carbocycles. The number of rotatable bonds is 4. The number of benzene rings is 1. The molecular weight excluding hydrogens is 336 g/mol. The lowest BCUT2D eigenvalue weighted by atomic mass is 10.1. The molecule has 0 unspecified atom stereocenters.